The summed E-state index contributed by atoms with van der Waals surface area (Å²) in [5, 5.41) is 3.12. The number of piperidine rings is 1. The molecule has 0 aromatic carbocycles. The minimum absolute atomic E-state index is 0. The van der Waals surface area contributed by atoms with E-state index >= 15 is 0 Å². The van der Waals surface area contributed by atoms with Crippen molar-refractivity contribution in [2.45, 2.75) is 32.5 Å². The van der Waals surface area contributed by atoms with Crippen LogP contribution < -0.4 is 10.1 Å². The van der Waals surface area contributed by atoms with Gasteiger partial charge in [0.05, 0.1) is 12.5 Å². The molecule has 1 fully saturated rings. The molecule has 0 unspecified atom stereocenters. The van der Waals surface area contributed by atoms with Gasteiger partial charge in [0.2, 0.25) is 5.88 Å². The number of rotatable bonds is 6. The van der Waals surface area contributed by atoms with E-state index in [1.807, 2.05) is 4.90 Å². The summed E-state index contributed by atoms with van der Waals surface area (Å²) in [7, 11) is 1.63. The lowest BCUT2D eigenvalue weighted by Crippen LogP contribution is -2.46. The number of aliphatic imine (C=N–C) groups is 1. The molecule has 1 aliphatic heterocycles. The first kappa shape index (κ1) is 25.2. The fraction of sp³-hybridized carbons (Fsp3) is 0.611. The second-order valence-corrected chi connectivity index (χ2v) is 6.29. The Hall–Kier alpha value is -1.79. The average molecular weight is 530 g/mol. The number of carbonyl (C=O) groups is 1. The van der Waals surface area contributed by atoms with Crippen LogP contribution in [-0.2, 0) is 16.1 Å². The molecule has 0 saturated carbocycles. The van der Waals surface area contributed by atoms with Crippen molar-refractivity contribution in [2.24, 2.45) is 10.9 Å². The Balaban J connectivity index is 0.00000420. The molecule has 0 amide bonds. The predicted molar refractivity (Wildman–Crippen MR) is 112 cm³/mol. The van der Waals surface area contributed by atoms with Crippen LogP contribution in [0.15, 0.2) is 23.3 Å². The minimum Gasteiger partial charge on any atom is -0.468 e. The highest BCUT2D eigenvalue weighted by atomic mass is 127. The standard InChI is InChI=1S/C18H25F3N4O3.HI/c1-3-27-16(26)13-6-9-25(10-7-13)17(22-2)24-11-14-5-4-8-23-15(14)28-12-18(19,20)21;/h4-5,8,13H,3,6-7,9-12H2,1-2H3,(H,22,24);1H. The largest absolute Gasteiger partial charge is 0.468 e. The molecule has 0 spiro atoms. The number of pyridine rings is 1. The molecule has 2 heterocycles. The second-order valence-electron chi connectivity index (χ2n) is 6.29. The van der Waals surface area contributed by atoms with E-state index in [2.05, 4.69) is 15.3 Å². The molecule has 0 radical (unpaired) electrons. The third-order valence-corrected chi connectivity index (χ3v) is 4.29. The van der Waals surface area contributed by atoms with Gasteiger partial charge < -0.3 is 19.7 Å². The summed E-state index contributed by atoms with van der Waals surface area (Å²) in [5.74, 6) is 0.249. The van der Waals surface area contributed by atoms with Gasteiger partial charge in [-0.1, -0.05) is 6.07 Å². The third-order valence-electron chi connectivity index (χ3n) is 4.29. The van der Waals surface area contributed by atoms with Crippen molar-refractivity contribution < 1.29 is 27.4 Å². The number of alkyl halides is 3. The number of ether oxygens (including phenoxy) is 2. The topological polar surface area (TPSA) is 76.0 Å². The molecular formula is C18H26F3IN4O3. The Kier molecular flexibility index (Phi) is 10.5. The number of hydrogen-bond donors (Lipinski definition) is 1. The number of carbonyl (C=O) groups excluding carboxylic acids is 1. The normalized spacial score (nSPS) is 15.5. The van der Waals surface area contributed by atoms with Crippen LogP contribution in [-0.4, -0.2) is 61.3 Å². The molecule has 0 aliphatic carbocycles. The van der Waals surface area contributed by atoms with Crippen molar-refractivity contribution in [1.82, 2.24) is 15.2 Å². The highest BCUT2D eigenvalue weighted by Crippen LogP contribution is 2.21. The van der Waals surface area contributed by atoms with Crippen molar-refractivity contribution in [2.75, 3.05) is 33.4 Å². The Labute approximate surface area is 185 Å². The molecule has 0 atom stereocenters. The molecule has 11 heteroatoms. The quantitative estimate of drug-likeness (QED) is 0.264. The van der Waals surface area contributed by atoms with Gasteiger partial charge in [0.15, 0.2) is 12.6 Å². The van der Waals surface area contributed by atoms with E-state index in [4.69, 9.17) is 9.47 Å². The van der Waals surface area contributed by atoms with Gasteiger partial charge in [0.1, 0.15) is 0 Å². The van der Waals surface area contributed by atoms with Crippen molar-refractivity contribution in [3.8, 4) is 5.88 Å². The zero-order valence-corrected chi connectivity index (χ0v) is 18.7. The van der Waals surface area contributed by atoms with Gasteiger partial charge in [-0.25, -0.2) is 4.98 Å². The fourth-order valence-corrected chi connectivity index (χ4v) is 2.93. The van der Waals surface area contributed by atoms with E-state index in [1.54, 1.807) is 26.1 Å². The van der Waals surface area contributed by atoms with Crippen molar-refractivity contribution in [1.29, 1.82) is 0 Å². The summed E-state index contributed by atoms with van der Waals surface area (Å²) in [6, 6.07) is 3.27. The number of guanidine groups is 1. The lowest BCUT2D eigenvalue weighted by molar-refractivity contribution is -0.154. The van der Waals surface area contributed by atoms with Gasteiger partial charge in [-0.3, -0.25) is 9.79 Å². The van der Waals surface area contributed by atoms with Gasteiger partial charge in [-0.05, 0) is 25.8 Å². The van der Waals surface area contributed by atoms with Crippen LogP contribution in [0.3, 0.4) is 0 Å². The lowest BCUT2D eigenvalue weighted by atomic mass is 9.97. The molecule has 1 aromatic rings. The number of hydrogen-bond acceptors (Lipinski definition) is 5. The van der Waals surface area contributed by atoms with Gasteiger partial charge in [-0.15, -0.1) is 24.0 Å². The molecule has 1 saturated heterocycles. The van der Waals surface area contributed by atoms with Gasteiger partial charge in [-0.2, -0.15) is 13.2 Å². The molecule has 2 rings (SSSR count). The molecule has 1 aromatic heterocycles. The Bertz CT molecular complexity index is 681. The number of likely N-dealkylation sites (tertiary alicyclic amines) is 1. The van der Waals surface area contributed by atoms with Crippen LogP contribution in [0.4, 0.5) is 13.2 Å². The van der Waals surface area contributed by atoms with E-state index in [0.29, 0.717) is 44.1 Å². The second kappa shape index (κ2) is 12.0. The van der Waals surface area contributed by atoms with Crippen LogP contribution in [0.25, 0.3) is 0 Å². The number of esters is 1. The summed E-state index contributed by atoms with van der Waals surface area (Å²) >= 11 is 0. The zero-order valence-electron chi connectivity index (χ0n) is 16.4. The summed E-state index contributed by atoms with van der Waals surface area (Å²) in [6.45, 7) is 2.23. The fourth-order valence-electron chi connectivity index (χ4n) is 2.93. The monoisotopic (exact) mass is 530 g/mol. The van der Waals surface area contributed by atoms with Crippen LogP contribution in [0.1, 0.15) is 25.3 Å². The first-order valence-corrected chi connectivity index (χ1v) is 9.09. The SMILES string of the molecule is CCOC(=O)C1CCN(C(=NC)NCc2cccnc2OCC(F)(F)F)CC1.I. The smallest absolute Gasteiger partial charge is 0.422 e. The molecule has 0 bridgehead atoms. The van der Waals surface area contributed by atoms with E-state index in [-0.39, 0.29) is 48.3 Å². The summed E-state index contributed by atoms with van der Waals surface area (Å²) in [6.07, 6.45) is -1.73. The number of halogens is 4. The minimum atomic E-state index is -4.43. The van der Waals surface area contributed by atoms with E-state index in [0.717, 1.165) is 0 Å². The average Bonchev–Trinajstić information content (AvgIpc) is 2.67. The van der Waals surface area contributed by atoms with Crippen molar-refractivity contribution >= 4 is 35.9 Å². The highest BCUT2D eigenvalue weighted by molar-refractivity contribution is 14.0. The van der Waals surface area contributed by atoms with Crippen LogP contribution >= 0.6 is 24.0 Å². The zero-order chi connectivity index (χ0) is 20.6. The summed E-state index contributed by atoms with van der Waals surface area (Å²) in [4.78, 5) is 21.9. The third kappa shape index (κ3) is 8.23. The van der Waals surface area contributed by atoms with Crippen molar-refractivity contribution in [3.63, 3.8) is 0 Å². The lowest BCUT2D eigenvalue weighted by Gasteiger charge is -2.33. The van der Waals surface area contributed by atoms with Crippen LogP contribution in [0.2, 0.25) is 0 Å². The molecule has 7 nitrogen and oxygen atoms in total. The van der Waals surface area contributed by atoms with Crippen LogP contribution in [0, 0.1) is 5.92 Å². The molecule has 1 N–H and O–H groups in total. The number of nitrogens with zero attached hydrogens (tertiary/aromatic N) is 3. The molecule has 164 valence electrons. The summed E-state index contributed by atoms with van der Waals surface area (Å²) < 4.78 is 47.0. The van der Waals surface area contributed by atoms with Crippen LogP contribution in [0.5, 0.6) is 5.88 Å². The summed E-state index contributed by atoms with van der Waals surface area (Å²) in [5.41, 5.74) is 0.495. The van der Waals surface area contributed by atoms with Crippen molar-refractivity contribution in [3.05, 3.63) is 23.9 Å². The van der Waals surface area contributed by atoms with E-state index < -0.39 is 12.8 Å². The highest BCUT2D eigenvalue weighted by Gasteiger charge is 2.29. The molecule has 1 aliphatic rings. The maximum atomic E-state index is 12.4. The molecule has 29 heavy (non-hydrogen) atoms. The Morgan fingerprint density at radius 2 is 2.07 bits per heavy atom. The Morgan fingerprint density at radius 3 is 2.66 bits per heavy atom. The van der Waals surface area contributed by atoms with Gasteiger partial charge in [0, 0.05) is 38.4 Å². The predicted octanol–water partition coefficient (Wildman–Crippen LogP) is 2.99. The number of nitrogens with one attached hydrogen (secondary N) is 1. The first-order valence-electron chi connectivity index (χ1n) is 9.09. The van der Waals surface area contributed by atoms with Gasteiger partial charge >= 0.3 is 12.1 Å². The van der Waals surface area contributed by atoms with E-state index in [1.165, 1.54) is 6.20 Å². The number of aromatic nitrogens is 1. The molecular weight excluding hydrogens is 504 g/mol. The first-order chi connectivity index (χ1) is 13.3. The maximum Gasteiger partial charge on any atom is 0.422 e. The van der Waals surface area contributed by atoms with Gasteiger partial charge in [0.25, 0.3) is 0 Å². The maximum absolute atomic E-state index is 12.4. The van der Waals surface area contributed by atoms with E-state index in [9.17, 15) is 18.0 Å². The Morgan fingerprint density at radius 1 is 1.38 bits per heavy atom.